The molecule has 1 rings (SSSR count). The number of carbonyl (C=O) groups excluding carboxylic acids is 1. The molecule has 1 aromatic carbocycles. The number of likely N-dealkylation sites (N-methyl/N-ethyl adjacent to an activating group) is 1. The first-order valence-electron chi connectivity index (χ1n) is 9.49. The maximum absolute atomic E-state index is 12.3. The zero-order chi connectivity index (χ0) is 19.4. The molecule has 0 atom stereocenters. The highest BCUT2D eigenvalue weighted by Crippen LogP contribution is 2.07. The van der Waals surface area contributed by atoms with E-state index in [-0.39, 0.29) is 29.9 Å². The topological polar surface area (TPSA) is 60.0 Å². The second-order valence-corrected chi connectivity index (χ2v) is 6.70. The fourth-order valence-electron chi connectivity index (χ4n) is 2.44. The van der Waals surface area contributed by atoms with Gasteiger partial charge in [-0.1, -0.05) is 25.5 Å². The number of halogens is 1. The molecule has 0 unspecified atom stereocenters. The number of rotatable bonds is 10. The molecule has 0 saturated carbocycles. The molecule has 0 aliphatic rings. The van der Waals surface area contributed by atoms with Gasteiger partial charge in [0.05, 0.1) is 6.54 Å². The standard InChI is InChI=1S/C20H35N5O.HI/c1-6-8-13-25(5)20(21-7-2)23-16-17-10-9-11-18(15-17)19(26)22-12-14-24(3)4;/h9-11,15H,6-8,12-14,16H2,1-5H3,(H,21,23)(H,22,26);1H. The van der Waals surface area contributed by atoms with Crippen molar-refractivity contribution < 1.29 is 4.79 Å². The zero-order valence-corrected chi connectivity index (χ0v) is 19.7. The van der Waals surface area contributed by atoms with Crippen LogP contribution in [0.4, 0.5) is 0 Å². The lowest BCUT2D eigenvalue weighted by molar-refractivity contribution is 0.0951. The van der Waals surface area contributed by atoms with Crippen LogP contribution in [-0.4, -0.2) is 69.0 Å². The van der Waals surface area contributed by atoms with E-state index in [1.165, 1.54) is 0 Å². The fraction of sp³-hybridized carbons (Fsp3) is 0.600. The van der Waals surface area contributed by atoms with Crippen molar-refractivity contribution in [3.8, 4) is 0 Å². The predicted octanol–water partition coefficient (Wildman–Crippen LogP) is 2.79. The van der Waals surface area contributed by atoms with Crippen LogP contribution in [0.1, 0.15) is 42.6 Å². The van der Waals surface area contributed by atoms with Gasteiger partial charge in [-0.3, -0.25) is 4.79 Å². The van der Waals surface area contributed by atoms with Crippen LogP contribution in [0.5, 0.6) is 0 Å². The molecule has 0 radical (unpaired) electrons. The van der Waals surface area contributed by atoms with Crippen molar-refractivity contribution >= 4 is 35.8 Å². The fourth-order valence-corrected chi connectivity index (χ4v) is 2.44. The minimum atomic E-state index is -0.0374. The van der Waals surface area contributed by atoms with Gasteiger partial charge in [0.15, 0.2) is 5.96 Å². The van der Waals surface area contributed by atoms with Crippen LogP contribution in [-0.2, 0) is 6.54 Å². The number of guanidine groups is 1. The molecule has 1 aromatic rings. The number of aliphatic imine (C=N–C) groups is 1. The molecule has 0 aliphatic heterocycles. The summed E-state index contributed by atoms with van der Waals surface area (Å²) in [5.41, 5.74) is 1.71. The first-order valence-corrected chi connectivity index (χ1v) is 9.49. The normalized spacial score (nSPS) is 11.1. The summed E-state index contributed by atoms with van der Waals surface area (Å²) >= 11 is 0. The van der Waals surface area contributed by atoms with Gasteiger partial charge in [-0.25, -0.2) is 4.99 Å². The highest BCUT2D eigenvalue weighted by atomic mass is 127. The van der Waals surface area contributed by atoms with Gasteiger partial charge < -0.3 is 20.4 Å². The van der Waals surface area contributed by atoms with E-state index in [0.717, 1.165) is 44.0 Å². The van der Waals surface area contributed by atoms with Gasteiger partial charge in [0.1, 0.15) is 0 Å². The molecule has 7 heteroatoms. The lowest BCUT2D eigenvalue weighted by Crippen LogP contribution is -2.39. The quantitative estimate of drug-likeness (QED) is 0.302. The molecule has 154 valence electrons. The highest BCUT2D eigenvalue weighted by Gasteiger charge is 2.07. The lowest BCUT2D eigenvalue weighted by Gasteiger charge is -2.21. The second kappa shape index (κ2) is 14.7. The molecular formula is C20H36IN5O. The molecule has 0 heterocycles. The third kappa shape index (κ3) is 10.5. The Bertz CT molecular complexity index is 577. The Hall–Kier alpha value is -1.35. The third-order valence-electron chi connectivity index (χ3n) is 3.99. The zero-order valence-electron chi connectivity index (χ0n) is 17.4. The van der Waals surface area contributed by atoms with Crippen molar-refractivity contribution in [3.63, 3.8) is 0 Å². The van der Waals surface area contributed by atoms with E-state index in [1.54, 1.807) is 0 Å². The Morgan fingerprint density at radius 1 is 1.11 bits per heavy atom. The Morgan fingerprint density at radius 2 is 1.85 bits per heavy atom. The number of carbonyl (C=O) groups is 1. The van der Waals surface area contributed by atoms with E-state index >= 15 is 0 Å². The molecule has 6 nitrogen and oxygen atoms in total. The van der Waals surface area contributed by atoms with Crippen molar-refractivity contribution in [2.75, 3.05) is 47.3 Å². The Kier molecular flexibility index (Phi) is 13.9. The van der Waals surface area contributed by atoms with Crippen molar-refractivity contribution in [2.24, 2.45) is 4.99 Å². The number of amides is 1. The van der Waals surface area contributed by atoms with Crippen LogP contribution < -0.4 is 10.6 Å². The van der Waals surface area contributed by atoms with E-state index in [0.29, 0.717) is 18.7 Å². The maximum Gasteiger partial charge on any atom is 0.251 e. The van der Waals surface area contributed by atoms with Gasteiger partial charge in [-0.15, -0.1) is 24.0 Å². The monoisotopic (exact) mass is 489 g/mol. The van der Waals surface area contributed by atoms with Crippen LogP contribution in [0.2, 0.25) is 0 Å². The van der Waals surface area contributed by atoms with E-state index in [2.05, 4.69) is 36.4 Å². The number of hydrogen-bond donors (Lipinski definition) is 2. The Labute approximate surface area is 181 Å². The number of hydrogen-bond acceptors (Lipinski definition) is 3. The van der Waals surface area contributed by atoms with Crippen LogP contribution in [0.25, 0.3) is 0 Å². The molecule has 0 aliphatic carbocycles. The second-order valence-electron chi connectivity index (χ2n) is 6.70. The van der Waals surface area contributed by atoms with Crippen molar-refractivity contribution in [2.45, 2.75) is 33.2 Å². The first kappa shape index (κ1) is 25.6. The SMILES string of the molecule is CCCCN(C)C(=NCc1cccc(C(=O)NCCN(C)C)c1)NCC.I. The summed E-state index contributed by atoms with van der Waals surface area (Å²) in [6.45, 7) is 8.10. The van der Waals surface area contributed by atoms with E-state index in [4.69, 9.17) is 4.99 Å². The molecule has 0 fully saturated rings. The summed E-state index contributed by atoms with van der Waals surface area (Å²) in [7, 11) is 6.04. The van der Waals surface area contributed by atoms with Gasteiger partial charge in [0.2, 0.25) is 0 Å². The molecule has 2 N–H and O–H groups in total. The molecule has 1 amide bonds. The van der Waals surface area contributed by atoms with Crippen LogP contribution in [0.15, 0.2) is 29.3 Å². The minimum Gasteiger partial charge on any atom is -0.357 e. The minimum absolute atomic E-state index is 0. The summed E-state index contributed by atoms with van der Waals surface area (Å²) in [6, 6.07) is 7.69. The summed E-state index contributed by atoms with van der Waals surface area (Å²) < 4.78 is 0. The van der Waals surface area contributed by atoms with Crippen LogP contribution in [0.3, 0.4) is 0 Å². The third-order valence-corrected chi connectivity index (χ3v) is 3.99. The molecule has 0 saturated heterocycles. The molecule has 27 heavy (non-hydrogen) atoms. The molecule has 0 aromatic heterocycles. The van der Waals surface area contributed by atoms with Crippen LogP contribution >= 0.6 is 24.0 Å². The van der Waals surface area contributed by atoms with E-state index in [1.807, 2.05) is 43.3 Å². The van der Waals surface area contributed by atoms with Crippen molar-refractivity contribution in [1.82, 2.24) is 20.4 Å². The molecule has 0 bridgehead atoms. The van der Waals surface area contributed by atoms with Crippen molar-refractivity contribution in [3.05, 3.63) is 35.4 Å². The van der Waals surface area contributed by atoms with E-state index in [9.17, 15) is 4.79 Å². The number of unbranched alkanes of at least 4 members (excludes halogenated alkanes) is 1. The van der Waals surface area contributed by atoms with Crippen molar-refractivity contribution in [1.29, 1.82) is 0 Å². The van der Waals surface area contributed by atoms with Gasteiger partial charge >= 0.3 is 0 Å². The number of nitrogens with zero attached hydrogens (tertiary/aromatic N) is 3. The Balaban J connectivity index is 0.00000676. The molecule has 0 spiro atoms. The summed E-state index contributed by atoms with van der Waals surface area (Å²) in [6.07, 6.45) is 2.30. The molecular weight excluding hydrogens is 453 g/mol. The van der Waals surface area contributed by atoms with Gasteiger partial charge in [-0.05, 0) is 45.1 Å². The number of benzene rings is 1. The Morgan fingerprint density at radius 3 is 2.48 bits per heavy atom. The maximum atomic E-state index is 12.3. The van der Waals surface area contributed by atoms with E-state index < -0.39 is 0 Å². The van der Waals surface area contributed by atoms with Gasteiger partial charge in [0.25, 0.3) is 5.91 Å². The first-order chi connectivity index (χ1) is 12.5. The average molecular weight is 489 g/mol. The predicted molar refractivity (Wildman–Crippen MR) is 125 cm³/mol. The smallest absolute Gasteiger partial charge is 0.251 e. The lowest BCUT2D eigenvalue weighted by atomic mass is 10.1. The summed E-state index contributed by atoms with van der Waals surface area (Å²) in [5.74, 6) is 0.867. The number of nitrogens with one attached hydrogen (secondary N) is 2. The largest absolute Gasteiger partial charge is 0.357 e. The summed E-state index contributed by atoms with van der Waals surface area (Å²) in [4.78, 5) is 21.2. The average Bonchev–Trinajstić information content (AvgIpc) is 2.63. The van der Waals surface area contributed by atoms with Gasteiger partial charge in [-0.2, -0.15) is 0 Å². The van der Waals surface area contributed by atoms with Gasteiger partial charge in [0, 0.05) is 38.8 Å². The highest BCUT2D eigenvalue weighted by molar-refractivity contribution is 14.0. The summed E-state index contributed by atoms with van der Waals surface area (Å²) in [5, 5.41) is 6.28. The van der Waals surface area contributed by atoms with Crippen LogP contribution in [0, 0.1) is 0 Å².